The fraction of sp³-hybridized carbons (Fsp3) is 0.250. The highest BCUT2D eigenvalue weighted by Gasteiger charge is 2.11. The van der Waals surface area contributed by atoms with Gasteiger partial charge >= 0.3 is 0 Å². The van der Waals surface area contributed by atoms with Crippen molar-refractivity contribution in [1.29, 1.82) is 0 Å². The molecule has 0 saturated heterocycles. The van der Waals surface area contributed by atoms with E-state index in [0.29, 0.717) is 6.61 Å². The van der Waals surface area contributed by atoms with Gasteiger partial charge in [0, 0.05) is 16.1 Å². The van der Waals surface area contributed by atoms with Gasteiger partial charge in [-0.3, -0.25) is 0 Å². The Morgan fingerprint density at radius 3 is 2.55 bits per heavy atom. The largest absolute Gasteiger partial charge is 0.508 e. The fourth-order valence-corrected chi connectivity index (χ4v) is 2.28. The quantitative estimate of drug-likeness (QED) is 0.867. The Balaban J connectivity index is 2.14. The fourth-order valence-electron chi connectivity index (χ4n) is 1.90. The van der Waals surface area contributed by atoms with E-state index in [9.17, 15) is 5.11 Å². The molecule has 0 aliphatic carbocycles. The summed E-state index contributed by atoms with van der Waals surface area (Å²) < 4.78 is 6.93. The van der Waals surface area contributed by atoms with Crippen LogP contribution < -0.4 is 10.1 Å². The number of nitrogens with one attached hydrogen (secondary N) is 1. The van der Waals surface area contributed by atoms with Gasteiger partial charge in [-0.15, -0.1) is 0 Å². The van der Waals surface area contributed by atoms with Crippen molar-refractivity contribution in [2.24, 2.45) is 0 Å². The first-order chi connectivity index (χ1) is 9.60. The van der Waals surface area contributed by atoms with E-state index in [0.717, 1.165) is 21.3 Å². The van der Waals surface area contributed by atoms with Crippen LogP contribution >= 0.6 is 15.9 Å². The van der Waals surface area contributed by atoms with Crippen molar-refractivity contribution >= 4 is 15.9 Å². The van der Waals surface area contributed by atoms with E-state index in [1.807, 2.05) is 31.3 Å². The van der Waals surface area contributed by atoms with Crippen molar-refractivity contribution in [2.75, 3.05) is 7.05 Å². The van der Waals surface area contributed by atoms with Crippen molar-refractivity contribution in [3.05, 3.63) is 58.1 Å². The normalized spacial score (nSPS) is 12.2. The van der Waals surface area contributed by atoms with E-state index >= 15 is 0 Å². The number of rotatable bonds is 5. The summed E-state index contributed by atoms with van der Waals surface area (Å²) in [6, 6.07) is 13.3. The summed E-state index contributed by atoms with van der Waals surface area (Å²) in [4.78, 5) is 0. The van der Waals surface area contributed by atoms with Gasteiger partial charge in [0.1, 0.15) is 18.1 Å². The van der Waals surface area contributed by atoms with E-state index in [-0.39, 0.29) is 11.8 Å². The van der Waals surface area contributed by atoms with Gasteiger partial charge in [-0.2, -0.15) is 0 Å². The van der Waals surface area contributed by atoms with Crippen molar-refractivity contribution < 1.29 is 9.84 Å². The van der Waals surface area contributed by atoms with E-state index in [2.05, 4.69) is 34.2 Å². The SMILES string of the molecule is CNC(C)c1cc(Br)ccc1OCc1ccc(O)cc1. The third-order valence-electron chi connectivity index (χ3n) is 3.20. The van der Waals surface area contributed by atoms with Crippen LogP contribution in [0.1, 0.15) is 24.1 Å². The number of hydrogen-bond acceptors (Lipinski definition) is 3. The highest BCUT2D eigenvalue weighted by Crippen LogP contribution is 2.29. The molecule has 106 valence electrons. The first-order valence-corrected chi connectivity index (χ1v) is 7.27. The Morgan fingerprint density at radius 2 is 1.90 bits per heavy atom. The van der Waals surface area contributed by atoms with Crippen LogP contribution in [0.5, 0.6) is 11.5 Å². The molecule has 0 bridgehead atoms. The topological polar surface area (TPSA) is 41.5 Å². The van der Waals surface area contributed by atoms with Crippen molar-refractivity contribution in [1.82, 2.24) is 5.32 Å². The smallest absolute Gasteiger partial charge is 0.124 e. The Morgan fingerprint density at radius 1 is 1.20 bits per heavy atom. The zero-order valence-electron chi connectivity index (χ0n) is 11.6. The van der Waals surface area contributed by atoms with E-state index in [1.54, 1.807) is 12.1 Å². The highest BCUT2D eigenvalue weighted by molar-refractivity contribution is 9.10. The van der Waals surface area contributed by atoms with Crippen LogP contribution in [0, 0.1) is 0 Å². The van der Waals surface area contributed by atoms with Crippen molar-refractivity contribution in [3.63, 3.8) is 0 Å². The summed E-state index contributed by atoms with van der Waals surface area (Å²) in [5, 5.41) is 12.5. The van der Waals surface area contributed by atoms with Crippen LogP contribution in [0.4, 0.5) is 0 Å². The number of phenolic OH excluding ortho intramolecular Hbond substituents is 1. The summed E-state index contributed by atoms with van der Waals surface area (Å²) in [6.07, 6.45) is 0. The van der Waals surface area contributed by atoms with Crippen LogP contribution in [-0.4, -0.2) is 12.2 Å². The average molecular weight is 336 g/mol. The molecule has 20 heavy (non-hydrogen) atoms. The molecular weight excluding hydrogens is 318 g/mol. The average Bonchev–Trinajstić information content (AvgIpc) is 2.46. The number of ether oxygens (including phenoxy) is 1. The maximum absolute atomic E-state index is 9.27. The predicted molar refractivity (Wildman–Crippen MR) is 84.1 cm³/mol. The van der Waals surface area contributed by atoms with Gasteiger partial charge in [0.25, 0.3) is 0 Å². The molecule has 4 heteroatoms. The van der Waals surface area contributed by atoms with Gasteiger partial charge in [0.05, 0.1) is 0 Å². The van der Waals surface area contributed by atoms with E-state index in [4.69, 9.17) is 4.74 Å². The van der Waals surface area contributed by atoms with Crippen LogP contribution in [0.2, 0.25) is 0 Å². The molecule has 0 amide bonds. The number of halogens is 1. The lowest BCUT2D eigenvalue weighted by Gasteiger charge is -2.17. The zero-order valence-corrected chi connectivity index (χ0v) is 13.1. The van der Waals surface area contributed by atoms with Gasteiger partial charge in [-0.05, 0) is 49.9 Å². The van der Waals surface area contributed by atoms with Crippen molar-refractivity contribution in [3.8, 4) is 11.5 Å². The van der Waals surface area contributed by atoms with Crippen LogP contribution in [0.3, 0.4) is 0 Å². The van der Waals surface area contributed by atoms with Gasteiger partial charge < -0.3 is 15.2 Å². The standard InChI is InChI=1S/C16H18BrNO2/c1-11(18-2)15-9-13(17)5-8-16(15)20-10-12-3-6-14(19)7-4-12/h3-9,11,18-19H,10H2,1-2H3. The molecule has 2 N–H and O–H groups in total. The van der Waals surface area contributed by atoms with E-state index in [1.165, 1.54) is 0 Å². The minimum Gasteiger partial charge on any atom is -0.508 e. The van der Waals surface area contributed by atoms with Gasteiger partial charge in [-0.25, -0.2) is 0 Å². The van der Waals surface area contributed by atoms with Crippen molar-refractivity contribution in [2.45, 2.75) is 19.6 Å². The van der Waals surface area contributed by atoms with Crippen LogP contribution in [0.15, 0.2) is 46.9 Å². The van der Waals surface area contributed by atoms with Crippen LogP contribution in [0.25, 0.3) is 0 Å². The Labute approximate surface area is 127 Å². The number of benzene rings is 2. The zero-order chi connectivity index (χ0) is 14.5. The Kier molecular flexibility index (Phi) is 5.04. The molecule has 0 heterocycles. The second-order valence-corrected chi connectivity index (χ2v) is 5.56. The molecule has 0 aromatic heterocycles. The molecule has 2 rings (SSSR count). The highest BCUT2D eigenvalue weighted by atomic mass is 79.9. The summed E-state index contributed by atoms with van der Waals surface area (Å²) in [6.45, 7) is 2.57. The lowest BCUT2D eigenvalue weighted by molar-refractivity contribution is 0.300. The molecule has 0 aliphatic heterocycles. The summed E-state index contributed by atoms with van der Waals surface area (Å²) in [5.74, 6) is 1.13. The second-order valence-electron chi connectivity index (χ2n) is 4.65. The molecule has 0 fully saturated rings. The summed E-state index contributed by atoms with van der Waals surface area (Å²) >= 11 is 3.49. The number of aromatic hydroxyl groups is 1. The second kappa shape index (κ2) is 6.77. The summed E-state index contributed by atoms with van der Waals surface area (Å²) in [5.41, 5.74) is 2.13. The first-order valence-electron chi connectivity index (χ1n) is 6.47. The maximum Gasteiger partial charge on any atom is 0.124 e. The predicted octanol–water partition coefficient (Wildman–Crippen LogP) is 4.01. The Bertz CT molecular complexity index is 569. The number of phenols is 1. The molecule has 1 atom stereocenters. The third-order valence-corrected chi connectivity index (χ3v) is 3.70. The third kappa shape index (κ3) is 3.74. The van der Waals surface area contributed by atoms with E-state index < -0.39 is 0 Å². The minimum atomic E-state index is 0.210. The van der Waals surface area contributed by atoms with Gasteiger partial charge in [0.15, 0.2) is 0 Å². The lowest BCUT2D eigenvalue weighted by atomic mass is 10.1. The van der Waals surface area contributed by atoms with Gasteiger partial charge in [-0.1, -0.05) is 28.1 Å². The monoisotopic (exact) mass is 335 g/mol. The molecular formula is C16H18BrNO2. The summed E-state index contributed by atoms with van der Waals surface area (Å²) in [7, 11) is 1.93. The molecule has 3 nitrogen and oxygen atoms in total. The van der Waals surface area contributed by atoms with Gasteiger partial charge in [0.2, 0.25) is 0 Å². The molecule has 2 aromatic rings. The molecule has 0 saturated carbocycles. The Hall–Kier alpha value is -1.52. The molecule has 1 unspecified atom stereocenters. The number of hydrogen-bond donors (Lipinski definition) is 2. The molecule has 0 spiro atoms. The lowest BCUT2D eigenvalue weighted by Crippen LogP contribution is -2.13. The molecule has 2 aromatic carbocycles. The first kappa shape index (κ1) is 14.9. The molecule has 0 radical (unpaired) electrons. The minimum absolute atomic E-state index is 0.210. The van der Waals surface area contributed by atoms with Crippen LogP contribution in [-0.2, 0) is 6.61 Å². The maximum atomic E-state index is 9.27. The molecule has 0 aliphatic rings.